The van der Waals surface area contributed by atoms with Crippen molar-refractivity contribution in [3.05, 3.63) is 0 Å². The molecule has 0 aromatic rings. The van der Waals surface area contributed by atoms with E-state index in [0.29, 0.717) is 12.2 Å². The molecule has 2 aliphatic rings. The minimum Gasteiger partial charge on any atom is -0.378 e. The van der Waals surface area contributed by atoms with Crippen molar-refractivity contribution >= 4 is 0 Å². The summed E-state index contributed by atoms with van der Waals surface area (Å²) >= 11 is 0. The van der Waals surface area contributed by atoms with E-state index >= 15 is 0 Å². The van der Waals surface area contributed by atoms with Crippen LogP contribution in [0.2, 0.25) is 0 Å². The van der Waals surface area contributed by atoms with Crippen LogP contribution < -0.4 is 10.6 Å². The first-order valence-electron chi connectivity index (χ1n) is 13.1. The predicted octanol–water partition coefficient (Wildman–Crippen LogP) is 6.37. The molecule has 4 heteroatoms. The number of hydrogen-bond donors (Lipinski definition) is 2. The molecule has 0 saturated carbocycles. The molecule has 184 valence electrons. The van der Waals surface area contributed by atoms with E-state index in [1.54, 1.807) is 0 Å². The maximum absolute atomic E-state index is 6.24. The van der Waals surface area contributed by atoms with Crippen molar-refractivity contribution < 1.29 is 9.47 Å². The maximum atomic E-state index is 6.24. The van der Waals surface area contributed by atoms with Gasteiger partial charge >= 0.3 is 0 Å². The van der Waals surface area contributed by atoms with Gasteiger partial charge in [-0.1, -0.05) is 32.1 Å². The van der Waals surface area contributed by atoms with Gasteiger partial charge in [0.2, 0.25) is 0 Å². The summed E-state index contributed by atoms with van der Waals surface area (Å²) in [5.74, 6) is 0. The molecule has 2 aliphatic heterocycles. The lowest BCUT2D eigenvalue weighted by Crippen LogP contribution is -2.59. The second-order valence-electron chi connectivity index (χ2n) is 13.1. The van der Waals surface area contributed by atoms with Crippen molar-refractivity contribution in [1.82, 2.24) is 10.6 Å². The van der Waals surface area contributed by atoms with E-state index in [1.165, 1.54) is 44.9 Å². The van der Waals surface area contributed by atoms with Gasteiger partial charge in [-0.2, -0.15) is 0 Å². The van der Waals surface area contributed by atoms with Gasteiger partial charge < -0.3 is 20.1 Å². The van der Waals surface area contributed by atoms with E-state index in [1.807, 2.05) is 0 Å². The van der Waals surface area contributed by atoms with Crippen LogP contribution in [0, 0.1) is 0 Å². The molecule has 0 aromatic heterocycles. The molecule has 0 aromatic carbocycles. The fourth-order valence-corrected chi connectivity index (χ4v) is 6.28. The Bertz CT molecular complexity index is 449. The smallest absolute Gasteiger partial charge is 0.0609 e. The Kier molecular flexibility index (Phi) is 9.88. The minimum absolute atomic E-state index is 0.177. The summed E-state index contributed by atoms with van der Waals surface area (Å²) in [6, 6.07) is 0. The van der Waals surface area contributed by atoms with Gasteiger partial charge in [0.05, 0.1) is 12.2 Å². The predicted molar refractivity (Wildman–Crippen MR) is 133 cm³/mol. The molecule has 31 heavy (non-hydrogen) atoms. The summed E-state index contributed by atoms with van der Waals surface area (Å²) in [5, 5.41) is 7.47. The van der Waals surface area contributed by atoms with E-state index in [-0.39, 0.29) is 22.2 Å². The molecule has 0 spiro atoms. The Balaban J connectivity index is 1.43. The van der Waals surface area contributed by atoms with Crippen LogP contribution in [0.3, 0.4) is 0 Å². The van der Waals surface area contributed by atoms with Crippen LogP contribution >= 0.6 is 0 Å². The van der Waals surface area contributed by atoms with Crippen molar-refractivity contribution in [2.24, 2.45) is 0 Å². The average Bonchev–Trinajstić information content (AvgIpc) is 2.54. The van der Waals surface area contributed by atoms with Gasteiger partial charge in [-0.25, -0.2) is 0 Å². The minimum atomic E-state index is 0.177. The van der Waals surface area contributed by atoms with E-state index in [4.69, 9.17) is 9.47 Å². The molecule has 2 saturated heterocycles. The first-order chi connectivity index (χ1) is 14.3. The van der Waals surface area contributed by atoms with Crippen molar-refractivity contribution in [3.63, 3.8) is 0 Å². The van der Waals surface area contributed by atoms with Crippen LogP contribution in [0.15, 0.2) is 0 Å². The van der Waals surface area contributed by atoms with Crippen molar-refractivity contribution in [1.29, 1.82) is 0 Å². The number of nitrogens with one attached hydrogen (secondary N) is 2. The Hall–Kier alpha value is -0.160. The highest BCUT2D eigenvalue weighted by Crippen LogP contribution is 2.31. The molecule has 2 fully saturated rings. The van der Waals surface area contributed by atoms with Crippen LogP contribution in [0.4, 0.5) is 0 Å². The lowest BCUT2D eigenvalue weighted by atomic mass is 9.81. The number of rotatable bonds is 12. The Labute approximate surface area is 194 Å². The molecule has 2 N–H and O–H groups in total. The van der Waals surface area contributed by atoms with E-state index < -0.39 is 0 Å². The SMILES string of the molecule is CC1(C)CC(OCCCCCCCCCOC2CC(C)(C)NC(C)(C)C2)CC(C)(C)N1. The summed E-state index contributed by atoms with van der Waals surface area (Å²) in [4.78, 5) is 0. The molecular weight excluding hydrogens is 384 g/mol. The van der Waals surface area contributed by atoms with Gasteiger partial charge in [0.25, 0.3) is 0 Å². The third-order valence-corrected chi connectivity index (χ3v) is 6.80. The number of hydrogen-bond acceptors (Lipinski definition) is 4. The highest BCUT2D eigenvalue weighted by molar-refractivity contribution is 4.98. The highest BCUT2D eigenvalue weighted by atomic mass is 16.5. The molecule has 2 heterocycles. The van der Waals surface area contributed by atoms with E-state index in [2.05, 4.69) is 66.0 Å². The molecule has 0 atom stereocenters. The molecule has 0 unspecified atom stereocenters. The Morgan fingerprint density at radius 3 is 1.03 bits per heavy atom. The monoisotopic (exact) mass is 438 g/mol. The van der Waals surface area contributed by atoms with Gasteiger partial charge in [0, 0.05) is 35.4 Å². The second kappa shape index (κ2) is 11.3. The molecular formula is C27H54N2O2. The van der Waals surface area contributed by atoms with Crippen molar-refractivity contribution in [2.75, 3.05) is 13.2 Å². The quantitative estimate of drug-likeness (QED) is 0.347. The van der Waals surface area contributed by atoms with Gasteiger partial charge in [-0.3, -0.25) is 0 Å². The number of ether oxygens (including phenoxy) is 2. The fraction of sp³-hybridized carbons (Fsp3) is 1.00. The van der Waals surface area contributed by atoms with Crippen LogP contribution in [0.1, 0.15) is 126 Å². The Morgan fingerprint density at radius 1 is 0.484 bits per heavy atom. The highest BCUT2D eigenvalue weighted by Gasteiger charge is 2.38. The topological polar surface area (TPSA) is 42.5 Å². The van der Waals surface area contributed by atoms with Gasteiger partial charge in [0.15, 0.2) is 0 Å². The first-order valence-corrected chi connectivity index (χ1v) is 13.1. The zero-order valence-corrected chi connectivity index (χ0v) is 22.2. The van der Waals surface area contributed by atoms with Crippen molar-refractivity contribution in [2.45, 2.75) is 160 Å². The number of piperidine rings is 2. The largest absolute Gasteiger partial charge is 0.378 e. The molecule has 0 radical (unpaired) electrons. The van der Waals surface area contributed by atoms with Gasteiger partial charge in [-0.15, -0.1) is 0 Å². The normalized spacial score (nSPS) is 25.5. The molecule has 0 bridgehead atoms. The molecule has 0 amide bonds. The molecule has 0 aliphatic carbocycles. The third kappa shape index (κ3) is 11.0. The van der Waals surface area contributed by atoms with Gasteiger partial charge in [-0.05, 0) is 93.9 Å². The van der Waals surface area contributed by atoms with Crippen LogP contribution in [0.5, 0.6) is 0 Å². The summed E-state index contributed by atoms with van der Waals surface area (Å²) < 4.78 is 12.5. The van der Waals surface area contributed by atoms with Crippen LogP contribution in [-0.2, 0) is 9.47 Å². The summed E-state index contributed by atoms with van der Waals surface area (Å²) in [6.07, 6.45) is 14.3. The zero-order valence-electron chi connectivity index (χ0n) is 22.2. The van der Waals surface area contributed by atoms with E-state index in [0.717, 1.165) is 38.9 Å². The third-order valence-electron chi connectivity index (χ3n) is 6.80. The molecule has 2 rings (SSSR count). The molecule has 4 nitrogen and oxygen atoms in total. The second-order valence-corrected chi connectivity index (χ2v) is 13.1. The Morgan fingerprint density at radius 2 is 0.742 bits per heavy atom. The number of unbranched alkanes of at least 4 members (excludes halogenated alkanes) is 6. The summed E-state index contributed by atoms with van der Waals surface area (Å²) in [5.41, 5.74) is 0.708. The fourth-order valence-electron chi connectivity index (χ4n) is 6.28. The van der Waals surface area contributed by atoms with Crippen LogP contribution in [0.25, 0.3) is 0 Å². The standard InChI is InChI=1S/C27H54N2O2/c1-24(2)18-22(19-25(3,4)28-24)30-16-14-12-10-9-11-13-15-17-31-23-20-26(5,6)29-27(7,8)21-23/h22-23,28-29H,9-21H2,1-8H3. The van der Waals surface area contributed by atoms with E-state index in [9.17, 15) is 0 Å². The van der Waals surface area contributed by atoms with Crippen LogP contribution in [-0.4, -0.2) is 47.6 Å². The average molecular weight is 439 g/mol. The summed E-state index contributed by atoms with van der Waals surface area (Å²) in [7, 11) is 0. The zero-order chi connectivity index (χ0) is 23.2. The van der Waals surface area contributed by atoms with Gasteiger partial charge in [0.1, 0.15) is 0 Å². The lowest BCUT2D eigenvalue weighted by molar-refractivity contribution is -0.0229. The summed E-state index contributed by atoms with van der Waals surface area (Å²) in [6.45, 7) is 20.2. The first kappa shape index (κ1) is 27.1. The maximum Gasteiger partial charge on any atom is 0.0609 e. The lowest BCUT2D eigenvalue weighted by Gasteiger charge is -2.46. The van der Waals surface area contributed by atoms with Crippen molar-refractivity contribution in [3.8, 4) is 0 Å².